The molecule has 1 atom stereocenters. The van der Waals surface area contributed by atoms with Gasteiger partial charge in [0.15, 0.2) is 16.5 Å². The zero-order valence-corrected chi connectivity index (χ0v) is 20.4. The number of aromatic nitrogens is 2. The monoisotopic (exact) mass is 490 g/mol. The lowest BCUT2D eigenvalue weighted by Gasteiger charge is -2.29. The Bertz CT molecular complexity index is 1360. The maximum Gasteiger partial charge on any atom is 0.270 e. The summed E-state index contributed by atoms with van der Waals surface area (Å²) < 4.78 is 12.6. The standard InChI is InChI=1S/C26H26N4O4S/c1-17-23(30-12-13-35-26(30)28-17)24(31)27-11-10-20(14-18-6-4-3-5-7-18)29(2)25(32)19-8-9-21-22(15-19)34-16-33-21/h3-9,12-13,15,20H,10-11,14,16H2,1-2H3,(H,27,31)/t20-/m1/s1. The Morgan fingerprint density at radius 2 is 1.97 bits per heavy atom. The number of nitrogens with zero attached hydrogens (tertiary/aromatic N) is 3. The molecule has 9 heteroatoms. The number of carbonyl (C=O) groups excluding carboxylic acids is 2. The van der Waals surface area contributed by atoms with Crippen LogP contribution in [0.3, 0.4) is 0 Å². The van der Waals surface area contributed by atoms with Gasteiger partial charge in [-0.3, -0.25) is 14.0 Å². The molecule has 2 aromatic heterocycles. The number of hydrogen-bond donors (Lipinski definition) is 1. The second-order valence-corrected chi connectivity index (χ2v) is 9.35. The Morgan fingerprint density at radius 1 is 1.17 bits per heavy atom. The highest BCUT2D eigenvalue weighted by molar-refractivity contribution is 7.15. The Kier molecular flexibility index (Phi) is 6.41. The van der Waals surface area contributed by atoms with Gasteiger partial charge in [-0.25, -0.2) is 4.98 Å². The third-order valence-corrected chi connectivity index (χ3v) is 6.97. The number of hydrogen-bond acceptors (Lipinski definition) is 6. The third-order valence-electron chi connectivity index (χ3n) is 6.22. The Morgan fingerprint density at radius 3 is 2.80 bits per heavy atom. The van der Waals surface area contributed by atoms with Crippen LogP contribution in [0.15, 0.2) is 60.1 Å². The molecule has 4 aromatic rings. The minimum absolute atomic E-state index is 0.109. The van der Waals surface area contributed by atoms with Crippen molar-refractivity contribution in [2.24, 2.45) is 0 Å². The first-order chi connectivity index (χ1) is 17.0. The van der Waals surface area contributed by atoms with Crippen LogP contribution in [0.5, 0.6) is 11.5 Å². The van der Waals surface area contributed by atoms with Crippen molar-refractivity contribution in [1.29, 1.82) is 0 Å². The Balaban J connectivity index is 1.30. The molecule has 1 aliphatic heterocycles. The number of benzene rings is 2. The number of rotatable bonds is 8. The second kappa shape index (κ2) is 9.79. The smallest absolute Gasteiger partial charge is 0.270 e. The largest absolute Gasteiger partial charge is 0.454 e. The molecule has 5 rings (SSSR count). The van der Waals surface area contributed by atoms with Crippen LogP contribution in [0.4, 0.5) is 0 Å². The predicted octanol–water partition coefficient (Wildman–Crippen LogP) is 3.94. The number of aryl methyl sites for hydroxylation is 1. The number of imidazole rings is 1. The number of amides is 2. The number of nitrogens with one attached hydrogen (secondary N) is 1. The summed E-state index contributed by atoms with van der Waals surface area (Å²) in [7, 11) is 1.80. The quantitative estimate of drug-likeness (QED) is 0.405. The molecule has 0 unspecified atom stereocenters. The molecule has 0 spiro atoms. The fourth-order valence-electron chi connectivity index (χ4n) is 4.32. The van der Waals surface area contributed by atoms with Gasteiger partial charge in [0, 0.05) is 36.8 Å². The molecule has 0 radical (unpaired) electrons. The van der Waals surface area contributed by atoms with Gasteiger partial charge in [-0.15, -0.1) is 11.3 Å². The van der Waals surface area contributed by atoms with Crippen molar-refractivity contribution in [3.05, 3.63) is 82.6 Å². The van der Waals surface area contributed by atoms with Gasteiger partial charge in [0.05, 0.1) is 5.69 Å². The van der Waals surface area contributed by atoms with E-state index in [-0.39, 0.29) is 24.6 Å². The van der Waals surface area contributed by atoms with Crippen molar-refractivity contribution in [3.63, 3.8) is 0 Å². The van der Waals surface area contributed by atoms with Crippen LogP contribution in [0.1, 0.15) is 38.5 Å². The van der Waals surface area contributed by atoms with Crippen molar-refractivity contribution in [2.75, 3.05) is 20.4 Å². The zero-order chi connectivity index (χ0) is 24.4. The number of thiazole rings is 1. The van der Waals surface area contributed by atoms with Crippen LogP contribution in [0.25, 0.3) is 4.96 Å². The lowest BCUT2D eigenvalue weighted by molar-refractivity contribution is 0.0722. The molecular formula is C26H26N4O4S. The van der Waals surface area contributed by atoms with Crippen molar-refractivity contribution in [2.45, 2.75) is 25.8 Å². The van der Waals surface area contributed by atoms with Gasteiger partial charge in [0.2, 0.25) is 6.79 Å². The second-order valence-electron chi connectivity index (χ2n) is 8.47. The molecule has 2 aromatic carbocycles. The highest BCUT2D eigenvalue weighted by Gasteiger charge is 2.24. The van der Waals surface area contributed by atoms with E-state index in [9.17, 15) is 9.59 Å². The summed E-state index contributed by atoms with van der Waals surface area (Å²) in [5.41, 5.74) is 2.91. The van der Waals surface area contributed by atoms with Gasteiger partial charge in [0.25, 0.3) is 11.8 Å². The molecule has 0 aliphatic carbocycles. The first-order valence-corrected chi connectivity index (χ1v) is 12.3. The number of ether oxygens (including phenoxy) is 2. The van der Waals surface area contributed by atoms with Gasteiger partial charge >= 0.3 is 0 Å². The van der Waals surface area contributed by atoms with E-state index in [0.29, 0.717) is 47.8 Å². The summed E-state index contributed by atoms with van der Waals surface area (Å²) in [6.07, 6.45) is 3.12. The van der Waals surface area contributed by atoms with E-state index in [1.165, 1.54) is 11.3 Å². The summed E-state index contributed by atoms with van der Waals surface area (Å²) in [5.74, 6) is 0.938. The molecule has 0 bridgehead atoms. The predicted molar refractivity (Wildman–Crippen MR) is 133 cm³/mol. The van der Waals surface area contributed by atoms with E-state index in [2.05, 4.69) is 10.3 Å². The van der Waals surface area contributed by atoms with E-state index >= 15 is 0 Å². The molecule has 1 N–H and O–H groups in total. The topological polar surface area (TPSA) is 85.2 Å². The molecule has 2 amide bonds. The van der Waals surface area contributed by atoms with E-state index in [4.69, 9.17) is 9.47 Å². The Hall–Kier alpha value is -3.85. The maximum atomic E-state index is 13.4. The highest BCUT2D eigenvalue weighted by Crippen LogP contribution is 2.33. The molecule has 0 fully saturated rings. The van der Waals surface area contributed by atoms with E-state index in [1.54, 1.807) is 30.1 Å². The molecule has 3 heterocycles. The lowest BCUT2D eigenvalue weighted by Crippen LogP contribution is -2.41. The van der Waals surface area contributed by atoms with Crippen LogP contribution in [0, 0.1) is 6.92 Å². The molecule has 0 saturated heterocycles. The first kappa shape index (κ1) is 22.9. The van der Waals surface area contributed by atoms with Crippen molar-refractivity contribution >= 4 is 28.1 Å². The summed E-state index contributed by atoms with van der Waals surface area (Å²) in [6.45, 7) is 2.42. The summed E-state index contributed by atoms with van der Waals surface area (Å²) >= 11 is 1.49. The van der Waals surface area contributed by atoms with Gasteiger partial charge in [0.1, 0.15) is 5.69 Å². The highest BCUT2D eigenvalue weighted by atomic mass is 32.1. The average Bonchev–Trinajstić information content (AvgIpc) is 3.58. The lowest BCUT2D eigenvalue weighted by atomic mass is 10.0. The molecule has 180 valence electrons. The van der Waals surface area contributed by atoms with Crippen LogP contribution < -0.4 is 14.8 Å². The summed E-state index contributed by atoms with van der Waals surface area (Å²) in [6, 6.07) is 15.2. The molecular weight excluding hydrogens is 464 g/mol. The van der Waals surface area contributed by atoms with Gasteiger partial charge in [-0.2, -0.15) is 0 Å². The SMILES string of the molecule is Cc1nc2sccn2c1C(=O)NCC[C@H](Cc1ccccc1)N(C)C(=O)c1ccc2c(c1)OCO2. The molecule has 1 aliphatic rings. The van der Waals surface area contributed by atoms with Crippen molar-refractivity contribution < 1.29 is 19.1 Å². The fourth-order valence-corrected chi connectivity index (χ4v) is 5.08. The molecule has 8 nitrogen and oxygen atoms in total. The van der Waals surface area contributed by atoms with Gasteiger partial charge < -0.3 is 19.7 Å². The van der Waals surface area contributed by atoms with Crippen LogP contribution in [0.2, 0.25) is 0 Å². The maximum absolute atomic E-state index is 13.4. The van der Waals surface area contributed by atoms with Crippen LogP contribution in [-0.4, -0.2) is 52.5 Å². The normalized spacial score (nSPS) is 13.1. The average molecular weight is 491 g/mol. The first-order valence-electron chi connectivity index (χ1n) is 11.4. The van der Waals surface area contributed by atoms with Crippen LogP contribution in [-0.2, 0) is 6.42 Å². The van der Waals surface area contributed by atoms with E-state index in [1.807, 2.05) is 53.2 Å². The van der Waals surface area contributed by atoms with E-state index in [0.717, 1.165) is 10.5 Å². The van der Waals surface area contributed by atoms with Crippen molar-refractivity contribution in [3.8, 4) is 11.5 Å². The molecule has 0 saturated carbocycles. The number of fused-ring (bicyclic) bond motifs is 2. The summed E-state index contributed by atoms with van der Waals surface area (Å²) in [4.78, 5) is 33.3. The minimum Gasteiger partial charge on any atom is -0.454 e. The third kappa shape index (κ3) is 4.72. The van der Waals surface area contributed by atoms with Gasteiger partial charge in [-0.05, 0) is 43.5 Å². The minimum atomic E-state index is -0.170. The van der Waals surface area contributed by atoms with Crippen LogP contribution >= 0.6 is 11.3 Å². The fraction of sp³-hybridized carbons (Fsp3) is 0.269. The zero-order valence-electron chi connectivity index (χ0n) is 19.6. The summed E-state index contributed by atoms with van der Waals surface area (Å²) in [5, 5.41) is 4.93. The number of likely N-dealkylation sites (N-methyl/N-ethyl adjacent to an activating group) is 1. The van der Waals surface area contributed by atoms with E-state index < -0.39 is 0 Å². The van der Waals surface area contributed by atoms with Crippen molar-refractivity contribution in [1.82, 2.24) is 19.6 Å². The number of carbonyl (C=O) groups is 2. The molecule has 35 heavy (non-hydrogen) atoms. The Labute approximate surface area is 207 Å². The van der Waals surface area contributed by atoms with Gasteiger partial charge in [-0.1, -0.05) is 30.3 Å².